The molecule has 0 saturated heterocycles. The predicted molar refractivity (Wildman–Crippen MR) is 240 cm³/mol. The van der Waals surface area contributed by atoms with Gasteiger partial charge in [-0.05, 0) is 116 Å². The van der Waals surface area contributed by atoms with E-state index >= 15 is 0 Å². The van der Waals surface area contributed by atoms with Gasteiger partial charge >= 0.3 is 0 Å². The fraction of sp³-hybridized carbons (Fsp3) is 0.0185. The van der Waals surface area contributed by atoms with E-state index in [9.17, 15) is 0 Å². The van der Waals surface area contributed by atoms with Crippen LogP contribution in [0.2, 0.25) is 0 Å². The zero-order valence-electron chi connectivity index (χ0n) is 31.1. The van der Waals surface area contributed by atoms with E-state index in [0.717, 1.165) is 22.6 Å². The Balaban J connectivity index is 1.14. The molecule has 0 amide bonds. The Morgan fingerprint density at radius 3 is 1.61 bits per heavy atom. The number of hydrogen-bond acceptors (Lipinski definition) is 3. The number of thiophene rings is 1. The fourth-order valence-electron chi connectivity index (χ4n) is 9.03. The number of pyridine rings is 1. The zero-order valence-corrected chi connectivity index (χ0v) is 31.9. The molecule has 1 atom stereocenters. The number of fused-ring (bicyclic) bond motifs is 6. The number of aromatic nitrogens is 1. The molecule has 3 heteroatoms. The predicted octanol–water partition coefficient (Wildman–Crippen LogP) is 14.6. The maximum Gasteiger partial charge on any atom is 0.0888 e. The van der Waals surface area contributed by atoms with Crippen LogP contribution in [0.5, 0.6) is 0 Å². The van der Waals surface area contributed by atoms with Crippen molar-refractivity contribution in [3.05, 3.63) is 241 Å². The van der Waals surface area contributed by atoms with Gasteiger partial charge in [0.15, 0.2) is 0 Å². The summed E-state index contributed by atoms with van der Waals surface area (Å²) < 4.78 is 2.46. The van der Waals surface area contributed by atoms with Gasteiger partial charge in [-0.15, -0.1) is 11.3 Å². The molecule has 0 radical (unpaired) electrons. The molecule has 1 unspecified atom stereocenters. The minimum Gasteiger partial charge on any atom is -0.310 e. The molecule has 0 aliphatic heterocycles. The van der Waals surface area contributed by atoms with Crippen molar-refractivity contribution in [2.45, 2.75) is 5.41 Å². The standard InChI is InChI=1S/C54H36N2S/c1-4-13-37(14-5-1)39-22-27-43(28-23-39)56(44-29-24-40(25-30-44)38-15-6-2-7-16-38)45-31-32-47-46-19-10-11-20-49(46)54(50(47)36-45,41-17-8-3-9-18-41)42-26-33-51-48(35-42)53-52(57-51)21-12-34-55-53/h1-36H. The Kier molecular flexibility index (Phi) is 7.94. The third-order valence-electron chi connectivity index (χ3n) is 11.6. The van der Waals surface area contributed by atoms with Crippen molar-refractivity contribution in [3.63, 3.8) is 0 Å². The second kappa shape index (κ2) is 13.6. The number of anilines is 3. The van der Waals surface area contributed by atoms with Crippen LogP contribution in [0, 0.1) is 0 Å². The van der Waals surface area contributed by atoms with Crippen molar-refractivity contribution >= 4 is 48.7 Å². The average molecular weight is 745 g/mol. The molecular weight excluding hydrogens is 709 g/mol. The molecule has 8 aromatic carbocycles. The molecule has 0 saturated carbocycles. The van der Waals surface area contributed by atoms with E-state index in [0.29, 0.717) is 0 Å². The molecule has 2 nitrogen and oxygen atoms in total. The monoisotopic (exact) mass is 744 g/mol. The molecule has 11 rings (SSSR count). The summed E-state index contributed by atoms with van der Waals surface area (Å²) in [5, 5.41) is 1.20. The first-order valence-corrected chi connectivity index (χ1v) is 20.3. The number of rotatable bonds is 7. The van der Waals surface area contributed by atoms with Crippen LogP contribution in [0.15, 0.2) is 219 Å². The molecule has 0 bridgehead atoms. The van der Waals surface area contributed by atoms with Gasteiger partial charge in [0.05, 0.1) is 15.6 Å². The lowest BCUT2D eigenvalue weighted by Crippen LogP contribution is -2.28. The van der Waals surface area contributed by atoms with E-state index in [1.54, 1.807) is 0 Å². The first-order valence-electron chi connectivity index (χ1n) is 19.4. The van der Waals surface area contributed by atoms with Crippen LogP contribution in [0.1, 0.15) is 22.3 Å². The van der Waals surface area contributed by atoms with E-state index < -0.39 is 5.41 Å². The van der Waals surface area contributed by atoms with Crippen LogP contribution in [0.25, 0.3) is 53.7 Å². The highest BCUT2D eigenvalue weighted by molar-refractivity contribution is 7.25. The van der Waals surface area contributed by atoms with Crippen LogP contribution in [0.3, 0.4) is 0 Å². The van der Waals surface area contributed by atoms with Gasteiger partial charge in [0, 0.05) is 33.3 Å². The fourth-order valence-corrected chi connectivity index (χ4v) is 10.1. The van der Waals surface area contributed by atoms with Crippen molar-refractivity contribution in [1.82, 2.24) is 4.98 Å². The molecule has 0 fully saturated rings. The van der Waals surface area contributed by atoms with Crippen LogP contribution in [-0.2, 0) is 5.41 Å². The highest BCUT2D eigenvalue weighted by Crippen LogP contribution is 2.58. The van der Waals surface area contributed by atoms with Gasteiger partial charge in [0.2, 0.25) is 0 Å². The van der Waals surface area contributed by atoms with Gasteiger partial charge in [-0.2, -0.15) is 0 Å². The summed E-state index contributed by atoms with van der Waals surface area (Å²) in [4.78, 5) is 7.29. The molecule has 2 aromatic heterocycles. The third-order valence-corrected chi connectivity index (χ3v) is 12.7. The summed E-state index contributed by atoms with van der Waals surface area (Å²) in [6, 6.07) is 77.6. The lowest BCUT2D eigenvalue weighted by atomic mass is 9.67. The van der Waals surface area contributed by atoms with E-state index in [2.05, 4.69) is 211 Å². The molecule has 268 valence electrons. The summed E-state index contributed by atoms with van der Waals surface area (Å²) in [6.07, 6.45) is 1.91. The first kappa shape index (κ1) is 33.3. The lowest BCUT2D eigenvalue weighted by Gasteiger charge is -2.35. The number of hydrogen-bond donors (Lipinski definition) is 0. The van der Waals surface area contributed by atoms with E-state index in [1.165, 1.54) is 70.4 Å². The average Bonchev–Trinajstić information content (AvgIpc) is 3.81. The Labute approximate surface area is 336 Å². The van der Waals surface area contributed by atoms with Gasteiger partial charge in [0.25, 0.3) is 0 Å². The van der Waals surface area contributed by atoms with Crippen molar-refractivity contribution in [2.24, 2.45) is 0 Å². The molecule has 10 aromatic rings. The van der Waals surface area contributed by atoms with Crippen molar-refractivity contribution in [2.75, 3.05) is 4.90 Å². The van der Waals surface area contributed by atoms with Crippen LogP contribution in [0.4, 0.5) is 17.1 Å². The highest BCUT2D eigenvalue weighted by Gasteiger charge is 2.46. The maximum absolute atomic E-state index is 4.88. The second-order valence-electron chi connectivity index (χ2n) is 14.7. The van der Waals surface area contributed by atoms with Crippen LogP contribution in [-0.4, -0.2) is 4.98 Å². The summed E-state index contributed by atoms with van der Waals surface area (Å²) in [5.74, 6) is 0. The van der Waals surface area contributed by atoms with E-state index in [4.69, 9.17) is 4.98 Å². The summed E-state index contributed by atoms with van der Waals surface area (Å²) in [5.41, 5.74) is 16.1. The Hall–Kier alpha value is -7.07. The normalized spacial score (nSPS) is 14.4. The van der Waals surface area contributed by atoms with Gasteiger partial charge < -0.3 is 4.90 Å². The van der Waals surface area contributed by atoms with Gasteiger partial charge in [-0.1, -0.05) is 152 Å². The largest absolute Gasteiger partial charge is 0.310 e. The van der Waals surface area contributed by atoms with Crippen molar-refractivity contribution in [1.29, 1.82) is 0 Å². The van der Waals surface area contributed by atoms with Gasteiger partial charge in [-0.3, -0.25) is 4.98 Å². The Morgan fingerprint density at radius 1 is 0.386 bits per heavy atom. The topological polar surface area (TPSA) is 16.1 Å². The highest BCUT2D eigenvalue weighted by atomic mass is 32.1. The summed E-state index contributed by atoms with van der Waals surface area (Å²) in [7, 11) is 0. The third kappa shape index (κ3) is 5.43. The summed E-state index contributed by atoms with van der Waals surface area (Å²) in [6.45, 7) is 0. The first-order chi connectivity index (χ1) is 28.3. The number of benzene rings is 8. The zero-order chi connectivity index (χ0) is 37.8. The smallest absolute Gasteiger partial charge is 0.0888 e. The molecule has 1 aliphatic rings. The van der Waals surface area contributed by atoms with Crippen LogP contribution >= 0.6 is 11.3 Å². The molecule has 0 spiro atoms. The molecule has 0 N–H and O–H groups in total. The Bertz CT molecular complexity index is 2960. The minimum absolute atomic E-state index is 0.569. The number of nitrogens with zero attached hydrogens (tertiary/aromatic N) is 2. The minimum atomic E-state index is -0.569. The molecule has 1 aliphatic carbocycles. The van der Waals surface area contributed by atoms with Gasteiger partial charge in [-0.25, -0.2) is 0 Å². The molecule has 57 heavy (non-hydrogen) atoms. The van der Waals surface area contributed by atoms with E-state index in [-0.39, 0.29) is 0 Å². The van der Waals surface area contributed by atoms with E-state index in [1.807, 2.05) is 23.6 Å². The maximum atomic E-state index is 4.88. The lowest BCUT2D eigenvalue weighted by molar-refractivity contribution is 0.770. The van der Waals surface area contributed by atoms with Crippen molar-refractivity contribution < 1.29 is 0 Å². The Morgan fingerprint density at radius 2 is 0.947 bits per heavy atom. The quantitative estimate of drug-likeness (QED) is 0.162. The SMILES string of the molecule is c1ccc(-c2ccc(N(c3ccc(-c4ccccc4)cc3)c3ccc4c(c3)C(c3ccccc3)(c3ccc5sc6cccnc6c5c3)c3ccccc3-4)cc2)cc1. The summed E-state index contributed by atoms with van der Waals surface area (Å²) >= 11 is 1.81. The second-order valence-corrected chi connectivity index (χ2v) is 15.8. The molecule has 2 heterocycles. The molecular formula is C54H36N2S. The van der Waals surface area contributed by atoms with Crippen LogP contribution < -0.4 is 4.90 Å². The van der Waals surface area contributed by atoms with Gasteiger partial charge in [0.1, 0.15) is 0 Å². The van der Waals surface area contributed by atoms with Crippen molar-refractivity contribution in [3.8, 4) is 33.4 Å².